The van der Waals surface area contributed by atoms with Crippen molar-refractivity contribution in [3.63, 3.8) is 0 Å². The van der Waals surface area contributed by atoms with E-state index in [-0.39, 0.29) is 48.5 Å². The van der Waals surface area contributed by atoms with Gasteiger partial charge in [0.05, 0.1) is 36.3 Å². The SMILES string of the molecule is Cl.Cl.O=c1c2nc(-c3cccc(Cl)c3)ccc2ncn1C[C@@H](O)C[C@H]1NCCC[C@@H]1O. The minimum Gasteiger partial charge on any atom is -0.392 e. The standard InChI is InChI=1S/C21H23ClN4O3.2ClH/c22-14-4-1-3-13(9-14)16-6-7-17-20(25-16)21(29)26(12-24-17)11-15(27)10-18-19(28)5-2-8-23-18;;/h1,3-4,6-7,9,12,15,18-19,23,27-28H,2,5,8,10-11H2;2*1H/t15-,18+,19-;;/m0../s1. The molecule has 0 bridgehead atoms. The molecule has 4 rings (SSSR count). The van der Waals surface area contributed by atoms with Crippen molar-refractivity contribution in [3.8, 4) is 11.3 Å². The molecular formula is C21H25Cl3N4O3. The molecule has 1 aliphatic heterocycles. The average molecular weight is 488 g/mol. The van der Waals surface area contributed by atoms with Gasteiger partial charge in [0.1, 0.15) is 0 Å². The Balaban J connectivity index is 0.00000171. The number of nitrogens with zero attached hydrogens (tertiary/aromatic N) is 3. The molecule has 0 saturated carbocycles. The van der Waals surface area contributed by atoms with Crippen molar-refractivity contribution in [2.75, 3.05) is 6.54 Å². The van der Waals surface area contributed by atoms with Gasteiger partial charge in [-0.1, -0.05) is 23.7 Å². The molecule has 31 heavy (non-hydrogen) atoms. The zero-order valence-electron chi connectivity index (χ0n) is 16.6. The Bertz CT molecular complexity index is 1080. The van der Waals surface area contributed by atoms with Crippen LogP contribution in [0.2, 0.25) is 5.02 Å². The van der Waals surface area contributed by atoms with Crippen LogP contribution in [-0.4, -0.2) is 49.5 Å². The van der Waals surface area contributed by atoms with E-state index in [1.165, 1.54) is 10.9 Å². The normalized spacial score (nSPS) is 19.3. The highest BCUT2D eigenvalue weighted by molar-refractivity contribution is 6.30. The number of hydrogen-bond acceptors (Lipinski definition) is 6. The van der Waals surface area contributed by atoms with Crippen LogP contribution in [-0.2, 0) is 6.54 Å². The van der Waals surface area contributed by atoms with Crippen LogP contribution in [0, 0.1) is 0 Å². The lowest BCUT2D eigenvalue weighted by Gasteiger charge is -2.30. The Morgan fingerprint density at radius 3 is 2.81 bits per heavy atom. The van der Waals surface area contributed by atoms with Gasteiger partial charge in [0.15, 0.2) is 5.52 Å². The molecule has 3 N–H and O–H groups in total. The molecule has 0 spiro atoms. The lowest BCUT2D eigenvalue weighted by molar-refractivity contribution is 0.0539. The summed E-state index contributed by atoms with van der Waals surface area (Å²) in [6, 6.07) is 10.7. The first-order valence-corrected chi connectivity index (χ1v) is 10.1. The lowest BCUT2D eigenvalue weighted by atomic mass is 9.96. The number of rotatable bonds is 5. The molecule has 10 heteroatoms. The van der Waals surface area contributed by atoms with Gasteiger partial charge in [-0.25, -0.2) is 9.97 Å². The Hall–Kier alpha value is -1.74. The number of halogens is 3. The summed E-state index contributed by atoms with van der Waals surface area (Å²) in [4.78, 5) is 21.7. The summed E-state index contributed by atoms with van der Waals surface area (Å²) in [5.74, 6) is 0. The van der Waals surface area contributed by atoms with Crippen molar-refractivity contribution in [2.45, 2.75) is 44.1 Å². The Morgan fingerprint density at radius 1 is 1.26 bits per heavy atom. The third-order valence-electron chi connectivity index (χ3n) is 5.28. The Morgan fingerprint density at radius 2 is 2.06 bits per heavy atom. The summed E-state index contributed by atoms with van der Waals surface area (Å²) in [5.41, 5.74) is 1.87. The van der Waals surface area contributed by atoms with Gasteiger partial charge in [0, 0.05) is 16.6 Å². The number of pyridine rings is 1. The van der Waals surface area contributed by atoms with Crippen molar-refractivity contribution < 1.29 is 10.2 Å². The van der Waals surface area contributed by atoms with Gasteiger partial charge in [0.25, 0.3) is 5.56 Å². The maximum atomic E-state index is 12.9. The largest absolute Gasteiger partial charge is 0.392 e. The van der Waals surface area contributed by atoms with E-state index in [0.717, 1.165) is 24.9 Å². The summed E-state index contributed by atoms with van der Waals surface area (Å²) in [7, 11) is 0. The van der Waals surface area contributed by atoms with Crippen LogP contribution >= 0.6 is 36.4 Å². The zero-order chi connectivity index (χ0) is 20.4. The summed E-state index contributed by atoms with van der Waals surface area (Å²) in [5, 5.41) is 24.3. The number of fused-ring (bicyclic) bond motifs is 1. The van der Waals surface area contributed by atoms with Crippen LogP contribution in [0.5, 0.6) is 0 Å². The maximum absolute atomic E-state index is 12.9. The number of aliphatic hydroxyl groups excluding tert-OH is 2. The van der Waals surface area contributed by atoms with Crippen LogP contribution in [0.3, 0.4) is 0 Å². The molecule has 7 nitrogen and oxygen atoms in total. The van der Waals surface area contributed by atoms with E-state index in [0.29, 0.717) is 22.7 Å². The fourth-order valence-electron chi connectivity index (χ4n) is 3.74. The fraction of sp³-hybridized carbons (Fsp3) is 0.381. The number of aliphatic hydroxyl groups is 2. The molecule has 0 amide bonds. The second kappa shape index (κ2) is 11.2. The van der Waals surface area contributed by atoms with Crippen LogP contribution < -0.4 is 10.9 Å². The van der Waals surface area contributed by atoms with E-state index in [4.69, 9.17) is 11.6 Å². The van der Waals surface area contributed by atoms with Crippen LogP contribution in [0.4, 0.5) is 0 Å². The van der Waals surface area contributed by atoms with Crippen molar-refractivity contribution in [3.05, 3.63) is 58.1 Å². The molecule has 3 heterocycles. The van der Waals surface area contributed by atoms with Gasteiger partial charge < -0.3 is 15.5 Å². The van der Waals surface area contributed by atoms with Crippen LogP contribution in [0.25, 0.3) is 22.3 Å². The highest BCUT2D eigenvalue weighted by Crippen LogP contribution is 2.22. The van der Waals surface area contributed by atoms with Crippen LogP contribution in [0.1, 0.15) is 19.3 Å². The topological polar surface area (TPSA) is 100 Å². The first-order valence-electron chi connectivity index (χ1n) is 9.73. The first kappa shape index (κ1) is 25.5. The van der Waals surface area contributed by atoms with Gasteiger partial charge in [0.2, 0.25) is 0 Å². The van der Waals surface area contributed by atoms with E-state index in [2.05, 4.69) is 15.3 Å². The average Bonchev–Trinajstić information content (AvgIpc) is 2.72. The van der Waals surface area contributed by atoms with Gasteiger partial charge in [-0.3, -0.25) is 9.36 Å². The van der Waals surface area contributed by atoms with Crippen molar-refractivity contribution in [1.82, 2.24) is 19.9 Å². The van der Waals surface area contributed by atoms with Gasteiger partial charge in [-0.05, 0) is 50.1 Å². The monoisotopic (exact) mass is 486 g/mol. The highest BCUT2D eigenvalue weighted by Gasteiger charge is 2.25. The molecule has 0 radical (unpaired) electrons. The quantitative estimate of drug-likeness (QED) is 0.512. The number of piperidine rings is 1. The number of benzene rings is 1. The minimum atomic E-state index is -0.784. The number of aromatic nitrogens is 3. The highest BCUT2D eigenvalue weighted by atomic mass is 35.5. The summed E-state index contributed by atoms with van der Waals surface area (Å²) >= 11 is 6.06. The molecule has 3 aromatic rings. The molecule has 1 fully saturated rings. The second-order valence-electron chi connectivity index (χ2n) is 7.44. The van der Waals surface area contributed by atoms with E-state index < -0.39 is 12.2 Å². The van der Waals surface area contributed by atoms with Crippen LogP contribution in [0.15, 0.2) is 47.5 Å². The molecule has 0 aliphatic carbocycles. The molecule has 2 aromatic heterocycles. The maximum Gasteiger partial charge on any atom is 0.279 e. The third kappa shape index (κ3) is 5.94. The van der Waals surface area contributed by atoms with E-state index in [1.807, 2.05) is 12.1 Å². The molecular weight excluding hydrogens is 463 g/mol. The molecule has 1 saturated heterocycles. The molecule has 3 atom stereocenters. The van der Waals surface area contributed by atoms with Crippen molar-refractivity contribution >= 4 is 47.4 Å². The second-order valence-corrected chi connectivity index (χ2v) is 7.87. The lowest BCUT2D eigenvalue weighted by Crippen LogP contribution is -2.47. The Labute approximate surface area is 197 Å². The number of nitrogens with one attached hydrogen (secondary N) is 1. The summed E-state index contributed by atoms with van der Waals surface area (Å²) in [6.45, 7) is 0.915. The van der Waals surface area contributed by atoms with E-state index >= 15 is 0 Å². The molecule has 168 valence electrons. The summed E-state index contributed by atoms with van der Waals surface area (Å²) < 4.78 is 1.37. The predicted molar refractivity (Wildman–Crippen MR) is 126 cm³/mol. The third-order valence-corrected chi connectivity index (χ3v) is 5.51. The fourth-order valence-corrected chi connectivity index (χ4v) is 3.93. The molecule has 1 aliphatic rings. The first-order chi connectivity index (χ1) is 14.0. The van der Waals surface area contributed by atoms with Gasteiger partial charge >= 0.3 is 0 Å². The smallest absolute Gasteiger partial charge is 0.279 e. The molecule has 1 aromatic carbocycles. The van der Waals surface area contributed by atoms with Crippen molar-refractivity contribution in [2.24, 2.45) is 0 Å². The number of hydrogen-bond donors (Lipinski definition) is 3. The van der Waals surface area contributed by atoms with Crippen molar-refractivity contribution in [1.29, 1.82) is 0 Å². The van der Waals surface area contributed by atoms with Gasteiger partial charge in [-0.15, -0.1) is 24.8 Å². The predicted octanol–water partition coefficient (Wildman–Crippen LogP) is 2.82. The van der Waals surface area contributed by atoms with E-state index in [1.54, 1.807) is 24.3 Å². The van der Waals surface area contributed by atoms with E-state index in [9.17, 15) is 15.0 Å². The zero-order valence-corrected chi connectivity index (χ0v) is 19.0. The summed E-state index contributed by atoms with van der Waals surface area (Å²) in [6.07, 6.45) is 2.17. The molecule has 0 unspecified atom stereocenters. The Kier molecular flexibility index (Phi) is 9.24. The van der Waals surface area contributed by atoms with Gasteiger partial charge in [-0.2, -0.15) is 0 Å². The minimum absolute atomic E-state index is 0.